The summed E-state index contributed by atoms with van der Waals surface area (Å²) < 4.78 is 11.9. The Labute approximate surface area is 195 Å². The van der Waals surface area contributed by atoms with Gasteiger partial charge in [0.15, 0.2) is 5.84 Å². The zero-order valence-electron chi connectivity index (χ0n) is 19.0. The number of nitrogens with one attached hydrogen (secondary N) is 2. The second-order valence-corrected chi connectivity index (χ2v) is 7.53. The van der Waals surface area contributed by atoms with Gasteiger partial charge in [0.2, 0.25) is 5.91 Å². The van der Waals surface area contributed by atoms with Gasteiger partial charge in [-0.1, -0.05) is 36.9 Å². The summed E-state index contributed by atoms with van der Waals surface area (Å²) in [7, 11) is 3.03. The second-order valence-electron chi connectivity index (χ2n) is 7.53. The molecule has 0 spiro atoms. The highest BCUT2D eigenvalue weighted by atomic mass is 16.7. The minimum absolute atomic E-state index is 0.0949. The Hall–Kier alpha value is -4.53. The van der Waals surface area contributed by atoms with E-state index in [1.54, 1.807) is 31.2 Å². The van der Waals surface area contributed by atoms with Gasteiger partial charge in [-0.15, -0.1) is 0 Å². The molecule has 0 unspecified atom stereocenters. The first kappa shape index (κ1) is 22.7. The monoisotopic (exact) mass is 460 g/mol. The third-order valence-corrected chi connectivity index (χ3v) is 5.29. The minimum atomic E-state index is -0.437. The summed E-state index contributed by atoms with van der Waals surface area (Å²) in [5.74, 6) is 1.18. The number of pyridine rings is 1. The molecule has 1 aliphatic heterocycles. The van der Waals surface area contributed by atoms with Gasteiger partial charge in [-0.05, 0) is 30.3 Å². The molecule has 1 aromatic heterocycles. The van der Waals surface area contributed by atoms with Crippen LogP contribution < -0.4 is 36.3 Å². The lowest BCUT2D eigenvalue weighted by atomic mass is 10.2. The molecule has 1 aliphatic rings. The fourth-order valence-corrected chi connectivity index (χ4v) is 3.58. The normalized spacial score (nSPS) is 14.0. The summed E-state index contributed by atoms with van der Waals surface area (Å²) in [5, 5.41) is 3.40. The van der Waals surface area contributed by atoms with Crippen LogP contribution in [0, 0.1) is 6.92 Å². The largest absolute Gasteiger partial charge is 0.497 e. The highest BCUT2D eigenvalue weighted by molar-refractivity contribution is 6.01. The molecule has 2 N–H and O–H groups in total. The van der Waals surface area contributed by atoms with E-state index in [0.29, 0.717) is 33.9 Å². The Kier molecular flexibility index (Phi) is 6.35. The van der Waals surface area contributed by atoms with Crippen molar-refractivity contribution in [2.45, 2.75) is 13.5 Å². The van der Waals surface area contributed by atoms with Gasteiger partial charge in [-0.2, -0.15) is 4.99 Å². The number of aliphatic imine (C=N–C) groups is 1. The zero-order valence-corrected chi connectivity index (χ0v) is 19.0. The third-order valence-electron chi connectivity index (χ3n) is 5.29. The maximum atomic E-state index is 13.4. The van der Waals surface area contributed by atoms with Gasteiger partial charge in [0.25, 0.3) is 11.4 Å². The lowest BCUT2D eigenvalue weighted by Crippen LogP contribution is -2.47. The standard InChI is InChI=1S/C25H24N4O5/c1-15-12-16(2)29(14-21(30)26-19-13-18(32-3)10-11-20(19)33-4)25(31)22(15)24-27-23(28-34-24)17-8-6-5-7-9-17/h5-13H,1,14H2,2-4H3,(H,26,30)(H,27,28). The van der Waals surface area contributed by atoms with E-state index in [1.165, 1.54) is 18.8 Å². The van der Waals surface area contributed by atoms with Crippen LogP contribution in [0.2, 0.25) is 0 Å². The highest BCUT2D eigenvalue weighted by Crippen LogP contribution is 2.28. The maximum Gasteiger partial charge on any atom is 0.264 e. The summed E-state index contributed by atoms with van der Waals surface area (Å²) in [6.07, 6.45) is 0. The van der Waals surface area contributed by atoms with Crippen molar-refractivity contribution >= 4 is 29.9 Å². The van der Waals surface area contributed by atoms with Gasteiger partial charge in [0, 0.05) is 17.3 Å². The molecule has 0 radical (unpaired) electrons. The number of benzene rings is 2. The number of carbonyl (C=O) groups excluding carboxylic acids is 1. The molecule has 2 aromatic carbocycles. The predicted molar refractivity (Wildman–Crippen MR) is 129 cm³/mol. The molecule has 0 fully saturated rings. The van der Waals surface area contributed by atoms with E-state index < -0.39 is 11.5 Å². The van der Waals surface area contributed by atoms with Crippen molar-refractivity contribution in [3.05, 3.63) is 86.6 Å². The first-order chi connectivity index (χ1) is 16.4. The van der Waals surface area contributed by atoms with E-state index in [1.807, 2.05) is 30.3 Å². The first-order valence-corrected chi connectivity index (χ1v) is 10.4. The number of hydroxylamine groups is 1. The number of nitrogens with zero attached hydrogens (tertiary/aromatic N) is 2. The maximum absolute atomic E-state index is 13.4. The van der Waals surface area contributed by atoms with Crippen LogP contribution >= 0.6 is 0 Å². The molecule has 0 bridgehead atoms. The second kappa shape index (κ2) is 9.53. The molecule has 2 heterocycles. The van der Waals surface area contributed by atoms with Gasteiger partial charge in [0.1, 0.15) is 23.3 Å². The van der Waals surface area contributed by atoms with E-state index in [0.717, 1.165) is 5.56 Å². The van der Waals surface area contributed by atoms with E-state index in [-0.39, 0.29) is 17.6 Å². The Bertz CT molecular complexity index is 1440. The molecule has 9 nitrogen and oxygen atoms in total. The lowest BCUT2D eigenvalue weighted by Gasteiger charge is -2.14. The number of amidine groups is 1. The van der Waals surface area contributed by atoms with Crippen LogP contribution in [-0.4, -0.2) is 30.5 Å². The van der Waals surface area contributed by atoms with Crippen LogP contribution in [0.15, 0.2) is 64.4 Å². The fraction of sp³-hybridized carbons (Fsp3) is 0.160. The van der Waals surface area contributed by atoms with Crippen molar-refractivity contribution in [1.29, 1.82) is 0 Å². The fourth-order valence-electron chi connectivity index (χ4n) is 3.58. The average molecular weight is 460 g/mol. The van der Waals surface area contributed by atoms with E-state index >= 15 is 0 Å². The molecule has 3 aromatic rings. The number of carbonyl (C=O) groups is 1. The van der Waals surface area contributed by atoms with Crippen LogP contribution in [-0.2, 0) is 16.2 Å². The van der Waals surface area contributed by atoms with E-state index in [9.17, 15) is 9.59 Å². The Balaban J connectivity index is 1.69. The number of hydrogen-bond donors (Lipinski definition) is 2. The molecule has 174 valence electrons. The summed E-state index contributed by atoms with van der Waals surface area (Å²) in [4.78, 5) is 36.1. The average Bonchev–Trinajstić information content (AvgIpc) is 3.32. The number of amides is 1. The van der Waals surface area contributed by atoms with Gasteiger partial charge in [-0.3, -0.25) is 9.59 Å². The minimum Gasteiger partial charge on any atom is -0.497 e. The van der Waals surface area contributed by atoms with Gasteiger partial charge in [-0.25, -0.2) is 5.48 Å². The van der Waals surface area contributed by atoms with Crippen LogP contribution in [0.25, 0.3) is 12.5 Å². The van der Waals surface area contributed by atoms with Crippen molar-refractivity contribution in [2.75, 3.05) is 19.5 Å². The van der Waals surface area contributed by atoms with Crippen LogP contribution in [0.4, 0.5) is 5.69 Å². The van der Waals surface area contributed by atoms with Crippen molar-refractivity contribution in [3.8, 4) is 11.5 Å². The van der Waals surface area contributed by atoms with Gasteiger partial charge in [0.05, 0.1) is 19.9 Å². The first-order valence-electron chi connectivity index (χ1n) is 10.4. The quantitative estimate of drug-likeness (QED) is 0.574. The molecule has 0 aliphatic carbocycles. The number of aryl methyl sites for hydroxylation is 1. The van der Waals surface area contributed by atoms with Crippen molar-refractivity contribution in [3.63, 3.8) is 0 Å². The number of anilines is 1. The number of rotatable bonds is 6. The summed E-state index contributed by atoms with van der Waals surface area (Å²) >= 11 is 0. The van der Waals surface area contributed by atoms with Crippen molar-refractivity contribution in [2.24, 2.45) is 4.99 Å². The zero-order chi connectivity index (χ0) is 24.2. The lowest BCUT2D eigenvalue weighted by molar-refractivity contribution is -0.116. The van der Waals surface area contributed by atoms with Gasteiger partial charge >= 0.3 is 0 Å². The number of methoxy groups -OCH3 is 2. The van der Waals surface area contributed by atoms with Crippen molar-refractivity contribution < 1.29 is 19.1 Å². The highest BCUT2D eigenvalue weighted by Gasteiger charge is 2.18. The smallest absolute Gasteiger partial charge is 0.264 e. The Morgan fingerprint density at radius 2 is 1.91 bits per heavy atom. The number of ether oxygens (including phenoxy) is 2. The molecule has 34 heavy (non-hydrogen) atoms. The Morgan fingerprint density at radius 1 is 1.15 bits per heavy atom. The third kappa shape index (κ3) is 4.49. The number of hydrogen-bond acceptors (Lipinski definition) is 7. The van der Waals surface area contributed by atoms with Crippen LogP contribution in [0.3, 0.4) is 0 Å². The molecule has 0 saturated heterocycles. The summed E-state index contributed by atoms with van der Waals surface area (Å²) in [5.41, 5.74) is 4.12. The predicted octanol–water partition coefficient (Wildman–Crippen LogP) is 1.27. The van der Waals surface area contributed by atoms with Crippen LogP contribution in [0.1, 0.15) is 11.3 Å². The molecule has 4 rings (SSSR count). The van der Waals surface area contributed by atoms with E-state index in [4.69, 9.17) is 14.3 Å². The van der Waals surface area contributed by atoms with E-state index in [2.05, 4.69) is 22.4 Å². The molecular formula is C25H24N4O5. The van der Waals surface area contributed by atoms with Crippen molar-refractivity contribution in [1.82, 2.24) is 10.0 Å². The summed E-state index contributed by atoms with van der Waals surface area (Å²) in [6.45, 7) is 5.48. The topological polar surface area (TPSA) is 103 Å². The molecule has 0 saturated carbocycles. The van der Waals surface area contributed by atoms with Gasteiger partial charge < -0.3 is 24.2 Å². The number of aromatic nitrogens is 1. The molecule has 0 atom stereocenters. The molecule has 9 heteroatoms. The van der Waals surface area contributed by atoms with Crippen LogP contribution in [0.5, 0.6) is 11.5 Å². The SMILES string of the molecule is C=c1cc(C)n(CC(=O)Nc2cc(OC)ccc2OC)c(=O)c1=C1N=C(c2ccccc2)NO1. The Morgan fingerprint density at radius 3 is 2.62 bits per heavy atom. The summed E-state index contributed by atoms with van der Waals surface area (Å²) in [6, 6.07) is 16.1. The molecule has 1 amide bonds. The molecular weight excluding hydrogens is 436 g/mol.